The minimum Gasteiger partial charge on any atom is -0.355 e. The van der Waals surface area contributed by atoms with Crippen LogP contribution in [0.15, 0.2) is 23.4 Å². The summed E-state index contributed by atoms with van der Waals surface area (Å²) in [5.41, 5.74) is 1.75. The van der Waals surface area contributed by atoms with E-state index >= 15 is 0 Å². The first-order valence-corrected chi connectivity index (χ1v) is 7.60. The number of hydrogen-bond donors (Lipinski definition) is 2. The van der Waals surface area contributed by atoms with Crippen molar-refractivity contribution in [2.24, 2.45) is 0 Å². The molecule has 0 atom stereocenters. The van der Waals surface area contributed by atoms with Crippen LogP contribution in [0, 0.1) is 0 Å². The van der Waals surface area contributed by atoms with E-state index in [2.05, 4.69) is 22.2 Å². The van der Waals surface area contributed by atoms with Crippen LogP contribution in [0.3, 0.4) is 0 Å². The third-order valence-corrected chi connectivity index (χ3v) is 3.72. The summed E-state index contributed by atoms with van der Waals surface area (Å²) in [4.78, 5) is 19.1. The SMILES string of the molecule is CCCCNC(=O)CSc1nc2ccc(Cl)cc2[nH]1. The van der Waals surface area contributed by atoms with Gasteiger partial charge in [0.1, 0.15) is 0 Å². The van der Waals surface area contributed by atoms with E-state index in [0.717, 1.165) is 35.6 Å². The van der Waals surface area contributed by atoms with Gasteiger partial charge in [-0.1, -0.05) is 36.7 Å². The predicted molar refractivity (Wildman–Crippen MR) is 79.7 cm³/mol. The second kappa shape index (κ2) is 6.82. The molecule has 1 aromatic carbocycles. The molecule has 0 aliphatic heterocycles. The lowest BCUT2D eigenvalue weighted by atomic mass is 10.3. The molecule has 0 aliphatic carbocycles. The van der Waals surface area contributed by atoms with Crippen molar-refractivity contribution in [3.8, 4) is 0 Å². The number of aromatic nitrogens is 2. The maximum absolute atomic E-state index is 11.6. The first-order valence-electron chi connectivity index (χ1n) is 6.24. The fourth-order valence-electron chi connectivity index (χ4n) is 1.62. The van der Waals surface area contributed by atoms with Gasteiger partial charge in [0.05, 0.1) is 16.8 Å². The van der Waals surface area contributed by atoms with Crippen molar-refractivity contribution in [3.63, 3.8) is 0 Å². The summed E-state index contributed by atoms with van der Waals surface area (Å²) in [6, 6.07) is 5.49. The van der Waals surface area contributed by atoms with Gasteiger partial charge < -0.3 is 10.3 Å². The maximum Gasteiger partial charge on any atom is 0.230 e. The monoisotopic (exact) mass is 297 g/mol. The van der Waals surface area contributed by atoms with Gasteiger partial charge in [0.2, 0.25) is 5.91 Å². The molecule has 2 N–H and O–H groups in total. The lowest BCUT2D eigenvalue weighted by Gasteiger charge is -2.02. The molecule has 0 saturated carbocycles. The number of carbonyl (C=O) groups is 1. The first-order chi connectivity index (χ1) is 9.19. The van der Waals surface area contributed by atoms with Gasteiger partial charge >= 0.3 is 0 Å². The molecule has 102 valence electrons. The number of imidazole rings is 1. The Morgan fingerprint density at radius 1 is 1.53 bits per heavy atom. The van der Waals surface area contributed by atoms with Crippen LogP contribution in [-0.2, 0) is 4.79 Å². The van der Waals surface area contributed by atoms with Crippen molar-refractivity contribution in [3.05, 3.63) is 23.2 Å². The minimum absolute atomic E-state index is 0.0388. The first kappa shape index (κ1) is 14.2. The molecule has 0 aliphatic rings. The van der Waals surface area contributed by atoms with E-state index in [1.807, 2.05) is 12.1 Å². The fraction of sp³-hybridized carbons (Fsp3) is 0.385. The van der Waals surface area contributed by atoms with Crippen LogP contribution in [0.2, 0.25) is 5.02 Å². The van der Waals surface area contributed by atoms with E-state index in [4.69, 9.17) is 11.6 Å². The second-order valence-corrected chi connectivity index (χ2v) is 5.60. The molecule has 0 radical (unpaired) electrons. The van der Waals surface area contributed by atoms with E-state index in [9.17, 15) is 4.79 Å². The smallest absolute Gasteiger partial charge is 0.230 e. The van der Waals surface area contributed by atoms with Gasteiger partial charge in [-0.25, -0.2) is 4.98 Å². The number of rotatable bonds is 6. The normalized spacial score (nSPS) is 10.8. The van der Waals surface area contributed by atoms with Crippen LogP contribution in [0.5, 0.6) is 0 Å². The maximum atomic E-state index is 11.6. The van der Waals surface area contributed by atoms with E-state index in [1.54, 1.807) is 6.07 Å². The number of aromatic amines is 1. The van der Waals surface area contributed by atoms with Gasteiger partial charge in [-0.15, -0.1) is 0 Å². The van der Waals surface area contributed by atoms with Gasteiger partial charge in [0.15, 0.2) is 5.16 Å². The van der Waals surface area contributed by atoms with Crippen LogP contribution in [0.1, 0.15) is 19.8 Å². The number of hydrogen-bond acceptors (Lipinski definition) is 3. The van der Waals surface area contributed by atoms with Gasteiger partial charge in [0.25, 0.3) is 0 Å². The largest absolute Gasteiger partial charge is 0.355 e. The Kier molecular flexibility index (Phi) is 5.10. The molecule has 0 bridgehead atoms. The van der Waals surface area contributed by atoms with E-state index in [0.29, 0.717) is 10.8 Å². The van der Waals surface area contributed by atoms with Gasteiger partial charge in [-0.05, 0) is 24.6 Å². The van der Waals surface area contributed by atoms with Crippen molar-refractivity contribution in [2.75, 3.05) is 12.3 Å². The molecule has 6 heteroatoms. The summed E-state index contributed by atoms with van der Waals surface area (Å²) in [5, 5.41) is 4.28. The fourth-order valence-corrected chi connectivity index (χ4v) is 2.50. The zero-order valence-corrected chi connectivity index (χ0v) is 12.3. The molecule has 4 nitrogen and oxygen atoms in total. The molecule has 1 amide bonds. The van der Waals surface area contributed by atoms with Crippen LogP contribution in [0.4, 0.5) is 0 Å². The Labute approximate surface area is 121 Å². The number of halogens is 1. The molecule has 1 aromatic heterocycles. The Balaban J connectivity index is 1.89. The third-order valence-electron chi connectivity index (χ3n) is 2.61. The van der Waals surface area contributed by atoms with Crippen molar-refractivity contribution in [1.29, 1.82) is 0 Å². The highest BCUT2D eigenvalue weighted by Crippen LogP contribution is 2.21. The Morgan fingerprint density at radius 3 is 3.16 bits per heavy atom. The quantitative estimate of drug-likeness (QED) is 0.636. The summed E-state index contributed by atoms with van der Waals surface area (Å²) in [6.07, 6.45) is 2.09. The topological polar surface area (TPSA) is 57.8 Å². The second-order valence-electron chi connectivity index (χ2n) is 4.20. The molecule has 0 unspecified atom stereocenters. The summed E-state index contributed by atoms with van der Waals surface area (Å²) in [7, 11) is 0. The highest BCUT2D eigenvalue weighted by Gasteiger charge is 2.06. The highest BCUT2D eigenvalue weighted by molar-refractivity contribution is 7.99. The molecule has 0 saturated heterocycles. The lowest BCUT2D eigenvalue weighted by Crippen LogP contribution is -2.26. The zero-order chi connectivity index (χ0) is 13.7. The van der Waals surface area contributed by atoms with Crippen LogP contribution >= 0.6 is 23.4 Å². The van der Waals surface area contributed by atoms with Crippen molar-refractivity contribution in [2.45, 2.75) is 24.9 Å². The Morgan fingerprint density at radius 2 is 2.37 bits per heavy atom. The zero-order valence-electron chi connectivity index (χ0n) is 10.7. The number of benzene rings is 1. The summed E-state index contributed by atoms with van der Waals surface area (Å²) in [6.45, 7) is 2.84. The van der Waals surface area contributed by atoms with E-state index in [-0.39, 0.29) is 5.91 Å². The molecular weight excluding hydrogens is 282 g/mol. The van der Waals surface area contributed by atoms with E-state index < -0.39 is 0 Å². The number of amides is 1. The number of nitrogens with one attached hydrogen (secondary N) is 2. The lowest BCUT2D eigenvalue weighted by molar-refractivity contribution is -0.118. The standard InChI is InChI=1S/C13H16ClN3OS/c1-2-3-6-15-12(18)8-19-13-16-10-5-4-9(14)7-11(10)17-13/h4-5,7H,2-3,6,8H2,1H3,(H,15,18)(H,16,17). The number of H-pyrrole nitrogens is 1. The number of carbonyl (C=O) groups excluding carboxylic acids is 1. The van der Waals surface area contributed by atoms with Crippen molar-refractivity contribution >= 4 is 40.3 Å². The summed E-state index contributed by atoms with van der Waals surface area (Å²) in [5.74, 6) is 0.411. The average molecular weight is 298 g/mol. The van der Waals surface area contributed by atoms with Gasteiger partial charge in [0, 0.05) is 11.6 Å². The number of nitrogens with zero attached hydrogens (tertiary/aromatic N) is 1. The molecule has 2 rings (SSSR count). The number of thioether (sulfide) groups is 1. The molecule has 0 fully saturated rings. The number of unbranched alkanes of at least 4 members (excludes halogenated alkanes) is 1. The molecule has 1 heterocycles. The average Bonchev–Trinajstić information content (AvgIpc) is 2.78. The Bertz CT molecular complexity index is 570. The van der Waals surface area contributed by atoms with Gasteiger partial charge in [-0.2, -0.15) is 0 Å². The summed E-state index contributed by atoms with van der Waals surface area (Å²) < 4.78 is 0. The molecule has 2 aromatic rings. The predicted octanol–water partition coefficient (Wildman–Crippen LogP) is 3.22. The van der Waals surface area contributed by atoms with Crippen molar-refractivity contribution in [1.82, 2.24) is 15.3 Å². The molecule has 0 spiro atoms. The summed E-state index contributed by atoms with van der Waals surface area (Å²) >= 11 is 7.30. The third kappa shape index (κ3) is 4.14. The molecular formula is C13H16ClN3OS. The van der Waals surface area contributed by atoms with Crippen LogP contribution in [-0.4, -0.2) is 28.2 Å². The van der Waals surface area contributed by atoms with E-state index in [1.165, 1.54) is 11.8 Å². The van der Waals surface area contributed by atoms with Crippen LogP contribution < -0.4 is 5.32 Å². The highest BCUT2D eigenvalue weighted by atomic mass is 35.5. The minimum atomic E-state index is 0.0388. The molecule has 19 heavy (non-hydrogen) atoms. The number of fused-ring (bicyclic) bond motifs is 1. The Hall–Kier alpha value is -1.20. The van der Waals surface area contributed by atoms with Gasteiger partial charge in [-0.3, -0.25) is 4.79 Å². The van der Waals surface area contributed by atoms with Crippen LogP contribution in [0.25, 0.3) is 11.0 Å². The van der Waals surface area contributed by atoms with Crippen molar-refractivity contribution < 1.29 is 4.79 Å².